The fraction of sp³-hybridized carbons (Fsp3) is 0.500. The third-order valence-corrected chi connectivity index (χ3v) is 3.15. The molecule has 0 atom stereocenters. The first-order chi connectivity index (χ1) is 8.84. The molecular weight excluding hydrogens is 244 g/mol. The van der Waals surface area contributed by atoms with Crippen LogP contribution in [-0.4, -0.2) is 25.7 Å². The van der Waals surface area contributed by atoms with Gasteiger partial charge in [-0.1, -0.05) is 6.92 Å². The summed E-state index contributed by atoms with van der Waals surface area (Å²) in [6.07, 6.45) is 0.819. The van der Waals surface area contributed by atoms with Crippen molar-refractivity contribution in [3.63, 3.8) is 0 Å². The molecule has 0 unspecified atom stereocenters. The lowest BCUT2D eigenvalue weighted by Crippen LogP contribution is -2.43. The van der Waals surface area contributed by atoms with E-state index in [1.54, 1.807) is 12.1 Å². The number of benzene rings is 1. The van der Waals surface area contributed by atoms with E-state index in [1.807, 2.05) is 20.8 Å². The van der Waals surface area contributed by atoms with Gasteiger partial charge in [0, 0.05) is 11.6 Å². The first-order valence-corrected chi connectivity index (χ1v) is 6.18. The van der Waals surface area contributed by atoms with Crippen molar-refractivity contribution in [3.05, 3.63) is 17.7 Å². The first-order valence-electron chi connectivity index (χ1n) is 6.18. The molecule has 0 aliphatic rings. The van der Waals surface area contributed by atoms with Crippen molar-refractivity contribution >= 4 is 11.6 Å². The van der Waals surface area contributed by atoms with Gasteiger partial charge in [-0.3, -0.25) is 4.79 Å². The van der Waals surface area contributed by atoms with Crippen molar-refractivity contribution in [2.75, 3.05) is 20.0 Å². The number of hydrogen-bond acceptors (Lipinski definition) is 4. The Kier molecular flexibility index (Phi) is 4.64. The molecular formula is C14H22N2O3. The number of ether oxygens (including phenoxy) is 2. The molecule has 0 fully saturated rings. The highest BCUT2D eigenvalue weighted by atomic mass is 16.5. The van der Waals surface area contributed by atoms with Crippen LogP contribution in [0.5, 0.6) is 11.5 Å². The Hall–Kier alpha value is -1.91. The van der Waals surface area contributed by atoms with Gasteiger partial charge >= 0.3 is 0 Å². The highest BCUT2D eigenvalue weighted by Crippen LogP contribution is 2.31. The Labute approximate surface area is 114 Å². The molecule has 0 saturated carbocycles. The summed E-state index contributed by atoms with van der Waals surface area (Å²) in [5, 5.41) is 2.94. The number of nitrogens with two attached hydrogens (primary N) is 1. The second-order valence-electron chi connectivity index (χ2n) is 4.98. The number of rotatable bonds is 5. The van der Waals surface area contributed by atoms with Crippen LogP contribution in [0, 0.1) is 0 Å². The standard InChI is InChI=1S/C14H22N2O3/c1-6-14(2,3)16-13(17)10-7-9(18-4)8-11(19-5)12(10)15/h7-8H,6,15H2,1-5H3,(H,16,17). The zero-order valence-corrected chi connectivity index (χ0v) is 12.2. The number of amides is 1. The van der Waals surface area contributed by atoms with E-state index in [0.29, 0.717) is 22.7 Å². The van der Waals surface area contributed by atoms with Gasteiger partial charge in [-0.25, -0.2) is 0 Å². The van der Waals surface area contributed by atoms with Crippen LogP contribution in [0.25, 0.3) is 0 Å². The fourth-order valence-corrected chi connectivity index (χ4v) is 1.54. The molecule has 1 aromatic carbocycles. The largest absolute Gasteiger partial charge is 0.497 e. The van der Waals surface area contributed by atoms with Gasteiger partial charge in [0.25, 0.3) is 5.91 Å². The Bertz CT molecular complexity index is 470. The van der Waals surface area contributed by atoms with Crippen LogP contribution in [0.15, 0.2) is 12.1 Å². The Morgan fingerprint density at radius 3 is 2.42 bits per heavy atom. The predicted octanol–water partition coefficient (Wildman–Crippen LogP) is 2.20. The maximum absolute atomic E-state index is 12.3. The summed E-state index contributed by atoms with van der Waals surface area (Å²) >= 11 is 0. The minimum atomic E-state index is -0.292. The van der Waals surface area contributed by atoms with Gasteiger partial charge in [0.15, 0.2) is 0 Å². The second kappa shape index (κ2) is 5.82. The van der Waals surface area contributed by atoms with Crippen molar-refractivity contribution in [1.82, 2.24) is 5.32 Å². The summed E-state index contributed by atoms with van der Waals surface area (Å²) in [5.74, 6) is 0.728. The summed E-state index contributed by atoms with van der Waals surface area (Å²) in [6, 6.07) is 3.26. The molecule has 0 aliphatic heterocycles. The van der Waals surface area contributed by atoms with Crippen molar-refractivity contribution in [1.29, 1.82) is 0 Å². The zero-order valence-electron chi connectivity index (χ0n) is 12.2. The Balaban J connectivity index is 3.15. The molecule has 106 valence electrons. The molecule has 0 bridgehead atoms. The minimum absolute atomic E-state index is 0.235. The highest BCUT2D eigenvalue weighted by molar-refractivity contribution is 6.01. The Morgan fingerprint density at radius 2 is 1.95 bits per heavy atom. The number of hydrogen-bond donors (Lipinski definition) is 2. The van der Waals surface area contributed by atoms with E-state index in [-0.39, 0.29) is 11.4 Å². The lowest BCUT2D eigenvalue weighted by atomic mass is 10.0. The monoisotopic (exact) mass is 266 g/mol. The second-order valence-corrected chi connectivity index (χ2v) is 4.98. The summed E-state index contributed by atoms with van der Waals surface area (Å²) in [7, 11) is 3.03. The summed E-state index contributed by atoms with van der Waals surface area (Å²) in [6.45, 7) is 5.92. The smallest absolute Gasteiger partial charge is 0.254 e. The van der Waals surface area contributed by atoms with Crippen molar-refractivity contribution in [2.24, 2.45) is 0 Å². The van der Waals surface area contributed by atoms with Gasteiger partial charge in [0.2, 0.25) is 0 Å². The molecule has 0 radical (unpaired) electrons. The SMILES string of the molecule is CCC(C)(C)NC(=O)c1cc(OC)cc(OC)c1N. The number of carbonyl (C=O) groups excluding carboxylic acids is 1. The lowest BCUT2D eigenvalue weighted by molar-refractivity contribution is 0.0911. The minimum Gasteiger partial charge on any atom is -0.497 e. The predicted molar refractivity (Wildman–Crippen MR) is 75.8 cm³/mol. The average molecular weight is 266 g/mol. The van der Waals surface area contributed by atoms with Gasteiger partial charge in [0.1, 0.15) is 11.5 Å². The van der Waals surface area contributed by atoms with Crippen LogP contribution in [0.2, 0.25) is 0 Å². The molecule has 19 heavy (non-hydrogen) atoms. The van der Waals surface area contributed by atoms with Crippen LogP contribution >= 0.6 is 0 Å². The zero-order chi connectivity index (χ0) is 14.6. The molecule has 0 spiro atoms. The first kappa shape index (κ1) is 15.1. The number of carbonyl (C=O) groups is 1. The van der Waals surface area contributed by atoms with E-state index in [4.69, 9.17) is 15.2 Å². The fourth-order valence-electron chi connectivity index (χ4n) is 1.54. The van der Waals surface area contributed by atoms with E-state index in [0.717, 1.165) is 6.42 Å². The normalized spacial score (nSPS) is 11.0. The van der Waals surface area contributed by atoms with Crippen molar-refractivity contribution in [3.8, 4) is 11.5 Å². The van der Waals surface area contributed by atoms with Gasteiger partial charge < -0.3 is 20.5 Å². The van der Waals surface area contributed by atoms with Crippen LogP contribution in [-0.2, 0) is 0 Å². The van der Waals surface area contributed by atoms with E-state index in [9.17, 15) is 4.79 Å². The number of nitrogen functional groups attached to an aromatic ring is 1. The van der Waals surface area contributed by atoms with Crippen molar-refractivity contribution in [2.45, 2.75) is 32.7 Å². The maximum Gasteiger partial charge on any atom is 0.254 e. The summed E-state index contributed by atoms with van der Waals surface area (Å²) in [5.41, 5.74) is 6.32. The third kappa shape index (κ3) is 3.53. The number of nitrogens with one attached hydrogen (secondary N) is 1. The number of methoxy groups -OCH3 is 2. The molecule has 0 aliphatic carbocycles. The molecule has 5 nitrogen and oxygen atoms in total. The van der Waals surface area contributed by atoms with Crippen LogP contribution in [0.3, 0.4) is 0 Å². The molecule has 3 N–H and O–H groups in total. The summed E-state index contributed by atoms with van der Waals surface area (Å²) in [4.78, 5) is 12.3. The molecule has 1 aromatic rings. The van der Waals surface area contributed by atoms with Crippen LogP contribution in [0.1, 0.15) is 37.6 Å². The number of anilines is 1. The topological polar surface area (TPSA) is 73.6 Å². The summed E-state index contributed by atoms with van der Waals surface area (Å²) < 4.78 is 10.3. The Morgan fingerprint density at radius 1 is 1.32 bits per heavy atom. The van der Waals surface area contributed by atoms with Gasteiger partial charge in [-0.2, -0.15) is 0 Å². The third-order valence-electron chi connectivity index (χ3n) is 3.15. The molecule has 0 heterocycles. The highest BCUT2D eigenvalue weighted by Gasteiger charge is 2.22. The molecule has 0 aromatic heterocycles. The molecule has 0 saturated heterocycles. The maximum atomic E-state index is 12.3. The molecule has 1 rings (SSSR count). The lowest BCUT2D eigenvalue weighted by Gasteiger charge is -2.25. The molecule has 5 heteroatoms. The molecule has 1 amide bonds. The van der Waals surface area contributed by atoms with Crippen LogP contribution in [0.4, 0.5) is 5.69 Å². The van der Waals surface area contributed by atoms with Gasteiger partial charge in [-0.15, -0.1) is 0 Å². The van der Waals surface area contributed by atoms with Gasteiger partial charge in [0.05, 0.1) is 25.5 Å². The van der Waals surface area contributed by atoms with E-state index < -0.39 is 0 Å². The van der Waals surface area contributed by atoms with Crippen molar-refractivity contribution < 1.29 is 14.3 Å². The van der Waals surface area contributed by atoms with Gasteiger partial charge in [-0.05, 0) is 26.3 Å². The van der Waals surface area contributed by atoms with Crippen LogP contribution < -0.4 is 20.5 Å². The van der Waals surface area contributed by atoms with E-state index in [2.05, 4.69) is 5.32 Å². The quantitative estimate of drug-likeness (QED) is 0.801. The average Bonchev–Trinajstić information content (AvgIpc) is 2.38. The van der Waals surface area contributed by atoms with E-state index in [1.165, 1.54) is 14.2 Å². The van der Waals surface area contributed by atoms with E-state index >= 15 is 0 Å².